The lowest BCUT2D eigenvalue weighted by Gasteiger charge is -2.55. The molecule has 0 aliphatic carbocycles. The quantitative estimate of drug-likeness (QED) is 0.320. The number of carbonyl (C=O) groups is 4. The molecule has 4 amide bonds. The fourth-order valence-electron chi connectivity index (χ4n) is 11.5. The lowest BCUT2D eigenvalue weighted by Crippen LogP contribution is -2.76. The number of aliphatic hydroxyl groups is 3. The first-order valence-electron chi connectivity index (χ1n) is 17.7. The standard InChI is InChI=1S/C37H46N6O7S4/c1-19(2)35(52-7)31(50)42-26-33(20-14-10-12-16-22(20)38-26,24(45)36(42,53-8)30(49)41(35)5)34-21-15-11-13-17-23(21)39(3)27(34)43-28(47)32(18-44,51-6)40(4)29(48)37(43,54-9)25(34)46/h10-17,19,24-27,38,44-46H,18H2,1-9H3. The van der Waals surface area contributed by atoms with E-state index in [1.807, 2.05) is 67.3 Å². The Morgan fingerprint density at radius 2 is 1.26 bits per heavy atom. The van der Waals surface area contributed by atoms with E-state index < -0.39 is 79.2 Å². The number of anilines is 2. The Hall–Kier alpha value is -2.80. The molecule has 4 N–H and O–H groups in total. The van der Waals surface area contributed by atoms with Gasteiger partial charge in [-0.15, -0.1) is 47.0 Å². The Bertz CT molecular complexity index is 2010. The van der Waals surface area contributed by atoms with Crippen LogP contribution in [0.15, 0.2) is 48.5 Å². The summed E-state index contributed by atoms with van der Waals surface area (Å²) in [5.41, 5.74) is -1.20. The number of para-hydroxylation sites is 2. The SMILES string of the molecule is CSC1(CO)C(=O)N2C3N(C)c4ccccc4C3(C34c5ccccc5NC3N3C(=O)C(SC)(C(C)C)N(C)C(=O)C3(SC)C4O)C(O)C2(SC)C(=O)N1C. The molecular formula is C37H46N6O7S4. The minimum Gasteiger partial charge on any atom is -0.392 e. The van der Waals surface area contributed by atoms with Crippen molar-refractivity contribution >= 4 is 82.1 Å². The van der Waals surface area contributed by atoms with E-state index in [-0.39, 0.29) is 11.8 Å². The van der Waals surface area contributed by atoms with Gasteiger partial charge in [-0.25, -0.2) is 0 Å². The number of nitrogens with one attached hydrogen (secondary N) is 1. The van der Waals surface area contributed by atoms with Gasteiger partial charge >= 0.3 is 0 Å². The monoisotopic (exact) mass is 814 g/mol. The summed E-state index contributed by atoms with van der Waals surface area (Å²) >= 11 is 4.41. The third-order valence-electron chi connectivity index (χ3n) is 13.7. The fourth-order valence-corrected chi connectivity index (χ4v) is 15.5. The maximum atomic E-state index is 15.6. The zero-order valence-electron chi connectivity index (χ0n) is 31.6. The number of fused-ring (bicyclic) bond motifs is 11. The van der Waals surface area contributed by atoms with Gasteiger partial charge in [0.1, 0.15) is 24.5 Å². The number of rotatable bonds is 7. The zero-order chi connectivity index (χ0) is 39.3. The lowest BCUT2D eigenvalue weighted by molar-refractivity contribution is -0.169. The highest BCUT2D eigenvalue weighted by Crippen LogP contribution is 2.75. The van der Waals surface area contributed by atoms with Crippen LogP contribution < -0.4 is 10.2 Å². The van der Waals surface area contributed by atoms with Crippen molar-refractivity contribution in [3.05, 3.63) is 59.7 Å². The van der Waals surface area contributed by atoms with Crippen LogP contribution in [0.25, 0.3) is 0 Å². The van der Waals surface area contributed by atoms with Crippen LogP contribution in [0.5, 0.6) is 0 Å². The van der Waals surface area contributed by atoms with E-state index in [2.05, 4.69) is 5.32 Å². The first-order valence-corrected chi connectivity index (χ1v) is 22.6. The molecule has 0 spiro atoms. The Labute approximate surface area is 331 Å². The summed E-state index contributed by atoms with van der Waals surface area (Å²) in [6, 6.07) is 14.7. The maximum Gasteiger partial charge on any atom is 0.264 e. The average Bonchev–Trinajstić information content (AvgIpc) is 3.80. The second kappa shape index (κ2) is 11.9. The molecule has 290 valence electrons. The second-order valence-electron chi connectivity index (χ2n) is 15.2. The molecule has 13 nitrogen and oxygen atoms in total. The highest BCUT2D eigenvalue weighted by Gasteiger charge is 2.91. The van der Waals surface area contributed by atoms with Gasteiger partial charge in [-0.2, -0.15) is 0 Å². The molecule has 4 fully saturated rings. The molecular weight excluding hydrogens is 769 g/mol. The van der Waals surface area contributed by atoms with Gasteiger partial charge in [-0.3, -0.25) is 29.0 Å². The number of thioether (sulfide) groups is 4. The van der Waals surface area contributed by atoms with Crippen LogP contribution in [-0.2, 0) is 30.0 Å². The van der Waals surface area contributed by atoms with E-state index in [1.165, 1.54) is 38.4 Å². The molecule has 10 unspecified atom stereocenters. The first kappa shape index (κ1) is 38.1. The summed E-state index contributed by atoms with van der Waals surface area (Å²) in [6.07, 6.45) is 1.12. The topological polar surface area (TPSA) is 157 Å². The molecule has 6 aliphatic rings. The van der Waals surface area contributed by atoms with Crippen LogP contribution in [0.3, 0.4) is 0 Å². The minimum absolute atomic E-state index is 0.344. The lowest BCUT2D eigenvalue weighted by atomic mass is 9.52. The summed E-state index contributed by atoms with van der Waals surface area (Å²) in [4.78, 5) is 62.1. The predicted molar refractivity (Wildman–Crippen MR) is 214 cm³/mol. The number of amides is 4. The normalized spacial score (nSPS) is 40.6. The van der Waals surface area contributed by atoms with E-state index in [0.29, 0.717) is 22.5 Å². The molecule has 10 atom stereocenters. The van der Waals surface area contributed by atoms with Crippen molar-refractivity contribution in [1.82, 2.24) is 19.6 Å². The van der Waals surface area contributed by atoms with E-state index in [4.69, 9.17) is 0 Å². The number of piperazine rings is 2. The van der Waals surface area contributed by atoms with Crippen LogP contribution in [0.4, 0.5) is 11.4 Å². The van der Waals surface area contributed by atoms with Crippen molar-refractivity contribution in [2.75, 3.05) is 63.0 Å². The molecule has 2 aromatic rings. The largest absolute Gasteiger partial charge is 0.392 e. The number of aliphatic hydroxyl groups excluding tert-OH is 3. The van der Waals surface area contributed by atoms with Crippen molar-refractivity contribution in [2.45, 2.75) is 68.7 Å². The van der Waals surface area contributed by atoms with Gasteiger partial charge in [0.25, 0.3) is 23.6 Å². The summed E-state index contributed by atoms with van der Waals surface area (Å²) in [7, 11) is 4.87. The van der Waals surface area contributed by atoms with Crippen LogP contribution in [0, 0.1) is 5.92 Å². The van der Waals surface area contributed by atoms with E-state index in [0.717, 1.165) is 35.3 Å². The third kappa shape index (κ3) is 3.48. The van der Waals surface area contributed by atoms with Crippen LogP contribution in [-0.4, -0.2) is 155 Å². The molecule has 6 heterocycles. The summed E-state index contributed by atoms with van der Waals surface area (Å²) in [5, 5.41) is 42.0. The molecule has 54 heavy (non-hydrogen) atoms. The summed E-state index contributed by atoms with van der Waals surface area (Å²) < 4.78 is 0. The maximum absolute atomic E-state index is 15.6. The zero-order valence-corrected chi connectivity index (χ0v) is 34.8. The number of nitrogens with zero attached hydrogens (tertiary/aromatic N) is 5. The van der Waals surface area contributed by atoms with Crippen LogP contribution >= 0.6 is 47.0 Å². The van der Waals surface area contributed by atoms with Gasteiger partial charge in [0.05, 0.1) is 17.4 Å². The van der Waals surface area contributed by atoms with Crippen LogP contribution in [0.2, 0.25) is 0 Å². The van der Waals surface area contributed by atoms with Gasteiger partial charge in [0.15, 0.2) is 19.5 Å². The fraction of sp³-hybridized carbons (Fsp3) is 0.568. The average molecular weight is 815 g/mol. The van der Waals surface area contributed by atoms with Crippen molar-refractivity contribution in [3.8, 4) is 0 Å². The van der Waals surface area contributed by atoms with Gasteiger partial charge in [0, 0.05) is 32.5 Å². The van der Waals surface area contributed by atoms with E-state index >= 15 is 19.2 Å². The molecule has 8 rings (SSSR count). The Morgan fingerprint density at radius 1 is 0.704 bits per heavy atom. The highest BCUT2D eigenvalue weighted by atomic mass is 32.2. The van der Waals surface area contributed by atoms with Crippen molar-refractivity contribution in [1.29, 1.82) is 0 Å². The van der Waals surface area contributed by atoms with Crippen molar-refractivity contribution in [2.24, 2.45) is 5.92 Å². The second-order valence-corrected chi connectivity index (χ2v) is 19.4. The number of hydrogen-bond donors (Lipinski definition) is 4. The number of hydrogen-bond acceptors (Lipinski definition) is 13. The summed E-state index contributed by atoms with van der Waals surface area (Å²) in [5.74, 6) is -2.36. The smallest absolute Gasteiger partial charge is 0.264 e. The predicted octanol–water partition coefficient (Wildman–Crippen LogP) is 1.63. The molecule has 0 saturated carbocycles. The van der Waals surface area contributed by atoms with Crippen molar-refractivity contribution < 1.29 is 34.5 Å². The number of carbonyl (C=O) groups excluding carboxylic acids is 4. The van der Waals surface area contributed by atoms with Gasteiger partial charge in [-0.1, -0.05) is 50.2 Å². The Balaban J connectivity index is 1.55. The molecule has 6 aliphatic heterocycles. The molecule has 0 bridgehead atoms. The minimum atomic E-state index is -1.95. The summed E-state index contributed by atoms with van der Waals surface area (Å²) in [6.45, 7) is 3.10. The van der Waals surface area contributed by atoms with Gasteiger partial charge in [0.2, 0.25) is 0 Å². The molecule has 0 aromatic heterocycles. The molecule has 2 aromatic carbocycles. The third-order valence-corrected chi connectivity index (χ3v) is 18.9. The number of benzene rings is 2. The van der Waals surface area contributed by atoms with Crippen molar-refractivity contribution in [3.63, 3.8) is 0 Å². The molecule has 0 radical (unpaired) electrons. The van der Waals surface area contributed by atoms with E-state index in [9.17, 15) is 15.3 Å². The van der Waals surface area contributed by atoms with E-state index in [1.54, 1.807) is 39.1 Å². The first-order chi connectivity index (χ1) is 25.6. The van der Waals surface area contributed by atoms with Gasteiger partial charge < -0.3 is 35.3 Å². The van der Waals surface area contributed by atoms with Crippen LogP contribution in [0.1, 0.15) is 25.0 Å². The number of likely N-dealkylation sites (N-methyl/N-ethyl adjacent to an activating group) is 3. The van der Waals surface area contributed by atoms with Gasteiger partial charge in [-0.05, 0) is 54.2 Å². The molecule has 4 saturated heterocycles. The molecule has 17 heteroatoms. The highest BCUT2D eigenvalue weighted by molar-refractivity contribution is 8.02. The Kier molecular flexibility index (Phi) is 8.37. The Morgan fingerprint density at radius 3 is 1.83 bits per heavy atom.